The van der Waals surface area contributed by atoms with Gasteiger partial charge in [-0.3, -0.25) is 9.69 Å². The number of piperazine rings is 1. The normalized spacial score (nSPS) is 25.2. The molecule has 1 saturated heterocycles. The standard InChI is InChI=1S/C25H35F2N3O/c26-21-8-11-24(23(27)18-21)30-16-14-29(15-17-30)13-12-19-6-9-22(10-7-19)28-25(31)20-4-2-1-3-5-20/h4,8,11,18-19,22H,1-3,5-7,9-10,12-17H2,(H,28,31). The number of benzene rings is 1. The third kappa shape index (κ3) is 6.06. The van der Waals surface area contributed by atoms with Crippen molar-refractivity contribution in [2.24, 2.45) is 5.92 Å². The van der Waals surface area contributed by atoms with Crippen LogP contribution in [0.4, 0.5) is 14.5 Å². The van der Waals surface area contributed by atoms with Crippen LogP contribution in [0.15, 0.2) is 29.8 Å². The Hall–Kier alpha value is -1.95. The average molecular weight is 432 g/mol. The van der Waals surface area contributed by atoms with E-state index in [0.717, 1.165) is 82.4 Å². The summed E-state index contributed by atoms with van der Waals surface area (Å²) in [5.41, 5.74) is 1.50. The Morgan fingerprint density at radius 3 is 2.48 bits per heavy atom. The molecule has 4 rings (SSSR count). The molecule has 0 radical (unpaired) electrons. The van der Waals surface area contributed by atoms with Crippen molar-refractivity contribution in [2.45, 2.75) is 63.8 Å². The van der Waals surface area contributed by atoms with E-state index >= 15 is 0 Å². The van der Waals surface area contributed by atoms with Crippen molar-refractivity contribution >= 4 is 11.6 Å². The maximum atomic E-state index is 14.0. The second-order valence-corrected chi connectivity index (χ2v) is 9.38. The first-order chi connectivity index (χ1) is 15.1. The van der Waals surface area contributed by atoms with Crippen molar-refractivity contribution in [1.82, 2.24) is 10.2 Å². The first-order valence-electron chi connectivity index (χ1n) is 12.0. The van der Waals surface area contributed by atoms with Crippen molar-refractivity contribution < 1.29 is 13.6 Å². The van der Waals surface area contributed by atoms with Crippen molar-refractivity contribution in [1.29, 1.82) is 0 Å². The van der Waals surface area contributed by atoms with Crippen LogP contribution in [-0.2, 0) is 4.79 Å². The largest absolute Gasteiger partial charge is 0.367 e. The third-order valence-corrected chi connectivity index (χ3v) is 7.24. The molecule has 1 aliphatic heterocycles. The van der Waals surface area contributed by atoms with Gasteiger partial charge in [-0.05, 0) is 82.4 Å². The number of anilines is 1. The Morgan fingerprint density at radius 2 is 1.81 bits per heavy atom. The van der Waals surface area contributed by atoms with Crippen molar-refractivity contribution in [2.75, 3.05) is 37.6 Å². The molecule has 0 spiro atoms. The highest BCUT2D eigenvalue weighted by Gasteiger charge is 2.25. The summed E-state index contributed by atoms with van der Waals surface area (Å²) in [4.78, 5) is 16.9. The second-order valence-electron chi connectivity index (χ2n) is 9.38. The molecule has 1 aromatic rings. The summed E-state index contributed by atoms with van der Waals surface area (Å²) < 4.78 is 27.2. The number of nitrogens with zero attached hydrogens (tertiary/aromatic N) is 2. The van der Waals surface area contributed by atoms with Gasteiger partial charge in [0.25, 0.3) is 0 Å². The molecule has 31 heavy (non-hydrogen) atoms. The molecule has 4 nitrogen and oxygen atoms in total. The van der Waals surface area contributed by atoms with E-state index in [1.807, 2.05) is 4.90 Å². The van der Waals surface area contributed by atoms with Crippen LogP contribution in [0.5, 0.6) is 0 Å². The van der Waals surface area contributed by atoms with Gasteiger partial charge >= 0.3 is 0 Å². The molecular formula is C25H35F2N3O. The molecule has 0 aromatic heterocycles. The Bertz CT molecular complexity index is 781. The fourth-order valence-electron chi connectivity index (χ4n) is 5.23. The van der Waals surface area contributed by atoms with Gasteiger partial charge in [0.1, 0.15) is 11.6 Å². The van der Waals surface area contributed by atoms with E-state index in [1.165, 1.54) is 31.7 Å². The molecule has 1 heterocycles. The first kappa shape index (κ1) is 22.3. The molecule has 1 N–H and O–H groups in total. The van der Waals surface area contributed by atoms with E-state index in [9.17, 15) is 13.6 Å². The third-order valence-electron chi connectivity index (χ3n) is 7.24. The number of hydrogen-bond acceptors (Lipinski definition) is 3. The smallest absolute Gasteiger partial charge is 0.247 e. The Balaban J connectivity index is 1.14. The van der Waals surface area contributed by atoms with Gasteiger partial charge in [0, 0.05) is 43.9 Å². The highest BCUT2D eigenvalue weighted by molar-refractivity contribution is 5.93. The lowest BCUT2D eigenvalue weighted by Gasteiger charge is -2.37. The molecule has 3 aliphatic rings. The van der Waals surface area contributed by atoms with Crippen LogP contribution >= 0.6 is 0 Å². The van der Waals surface area contributed by atoms with Crippen LogP contribution in [0.1, 0.15) is 57.8 Å². The number of carbonyl (C=O) groups excluding carboxylic acids is 1. The number of allylic oxidation sites excluding steroid dienone is 1. The van der Waals surface area contributed by atoms with Crippen molar-refractivity contribution in [3.63, 3.8) is 0 Å². The average Bonchev–Trinajstić information content (AvgIpc) is 2.80. The fraction of sp³-hybridized carbons (Fsp3) is 0.640. The van der Waals surface area contributed by atoms with E-state index in [0.29, 0.717) is 11.7 Å². The molecule has 6 heteroatoms. The van der Waals surface area contributed by atoms with E-state index in [1.54, 1.807) is 6.07 Å². The fourth-order valence-corrected chi connectivity index (χ4v) is 5.23. The van der Waals surface area contributed by atoms with Gasteiger partial charge in [0.15, 0.2) is 0 Å². The molecule has 1 aromatic carbocycles. The number of nitrogens with one attached hydrogen (secondary N) is 1. The molecule has 170 valence electrons. The summed E-state index contributed by atoms with van der Waals surface area (Å²) in [6.45, 7) is 4.46. The van der Waals surface area contributed by atoms with E-state index in [4.69, 9.17) is 0 Å². The molecule has 0 atom stereocenters. The number of amides is 1. The summed E-state index contributed by atoms with van der Waals surface area (Å²) in [5.74, 6) is -0.106. The van der Waals surface area contributed by atoms with E-state index in [2.05, 4.69) is 16.3 Å². The summed E-state index contributed by atoms with van der Waals surface area (Å²) in [5, 5.41) is 3.27. The summed E-state index contributed by atoms with van der Waals surface area (Å²) in [7, 11) is 0. The van der Waals surface area contributed by atoms with Crippen molar-refractivity contribution in [3.8, 4) is 0 Å². The van der Waals surface area contributed by atoms with Gasteiger partial charge in [0.2, 0.25) is 5.91 Å². The SMILES string of the molecule is O=C(NC1CCC(CCN2CCN(c3ccc(F)cc3F)CC2)CC1)C1=CCCCC1. The lowest BCUT2D eigenvalue weighted by molar-refractivity contribution is -0.118. The zero-order valence-corrected chi connectivity index (χ0v) is 18.4. The summed E-state index contributed by atoms with van der Waals surface area (Å²) in [6, 6.07) is 4.17. The van der Waals surface area contributed by atoms with Gasteiger partial charge in [-0.1, -0.05) is 6.08 Å². The number of carbonyl (C=O) groups is 1. The minimum absolute atomic E-state index is 0.165. The molecule has 2 fully saturated rings. The van der Waals surface area contributed by atoms with E-state index < -0.39 is 11.6 Å². The lowest BCUT2D eigenvalue weighted by atomic mass is 9.83. The number of rotatable bonds is 6. The molecule has 0 unspecified atom stereocenters. The van der Waals surface area contributed by atoms with E-state index in [-0.39, 0.29) is 5.91 Å². The highest BCUT2D eigenvalue weighted by atomic mass is 19.1. The van der Waals surface area contributed by atoms with Gasteiger partial charge in [-0.25, -0.2) is 8.78 Å². The molecular weight excluding hydrogens is 396 g/mol. The molecule has 1 saturated carbocycles. The Kier molecular flexibility index (Phi) is 7.59. The van der Waals surface area contributed by atoms with Crippen LogP contribution in [0.25, 0.3) is 0 Å². The number of hydrogen-bond donors (Lipinski definition) is 1. The maximum Gasteiger partial charge on any atom is 0.247 e. The van der Waals surface area contributed by atoms with Crippen LogP contribution in [0.2, 0.25) is 0 Å². The van der Waals surface area contributed by atoms with Crippen LogP contribution in [0.3, 0.4) is 0 Å². The topological polar surface area (TPSA) is 35.6 Å². The zero-order chi connectivity index (χ0) is 21.6. The molecule has 2 aliphatic carbocycles. The first-order valence-corrected chi connectivity index (χ1v) is 12.0. The highest BCUT2D eigenvalue weighted by Crippen LogP contribution is 2.28. The lowest BCUT2D eigenvalue weighted by Crippen LogP contribution is -2.47. The van der Waals surface area contributed by atoms with Crippen LogP contribution < -0.4 is 10.2 Å². The number of halogens is 2. The summed E-state index contributed by atoms with van der Waals surface area (Å²) in [6.07, 6.45) is 12.2. The minimum Gasteiger partial charge on any atom is -0.367 e. The molecule has 0 bridgehead atoms. The van der Waals surface area contributed by atoms with Gasteiger partial charge in [-0.2, -0.15) is 0 Å². The monoisotopic (exact) mass is 431 g/mol. The van der Waals surface area contributed by atoms with Crippen LogP contribution in [-0.4, -0.2) is 49.6 Å². The van der Waals surface area contributed by atoms with Crippen LogP contribution in [0, 0.1) is 17.6 Å². The van der Waals surface area contributed by atoms with Gasteiger partial charge in [-0.15, -0.1) is 0 Å². The quantitative estimate of drug-likeness (QED) is 0.712. The Morgan fingerprint density at radius 1 is 1.03 bits per heavy atom. The zero-order valence-electron chi connectivity index (χ0n) is 18.4. The maximum absolute atomic E-state index is 14.0. The van der Waals surface area contributed by atoms with Gasteiger partial charge in [0.05, 0.1) is 5.69 Å². The Labute approximate surface area is 184 Å². The second kappa shape index (κ2) is 10.6. The predicted molar refractivity (Wildman–Crippen MR) is 120 cm³/mol. The van der Waals surface area contributed by atoms with Crippen molar-refractivity contribution in [3.05, 3.63) is 41.5 Å². The summed E-state index contributed by atoms with van der Waals surface area (Å²) >= 11 is 0. The van der Waals surface area contributed by atoms with Gasteiger partial charge < -0.3 is 10.2 Å². The minimum atomic E-state index is -0.528. The predicted octanol–water partition coefficient (Wildman–Crippen LogP) is 4.65. The molecule has 1 amide bonds.